The molecule has 134 valence electrons. The summed E-state index contributed by atoms with van der Waals surface area (Å²) in [7, 11) is 0. The molecule has 26 heavy (non-hydrogen) atoms. The first-order valence-corrected chi connectivity index (χ1v) is 8.04. The summed E-state index contributed by atoms with van der Waals surface area (Å²) in [5.41, 5.74) is 1.04. The Hall–Kier alpha value is -2.97. The van der Waals surface area contributed by atoms with Gasteiger partial charge in [-0.3, -0.25) is 4.68 Å². The van der Waals surface area contributed by atoms with Crippen LogP contribution >= 0.6 is 0 Å². The Morgan fingerprint density at radius 2 is 1.92 bits per heavy atom. The van der Waals surface area contributed by atoms with Crippen LogP contribution in [0.5, 0.6) is 0 Å². The summed E-state index contributed by atoms with van der Waals surface area (Å²) in [6, 6.07) is 8.63. The van der Waals surface area contributed by atoms with E-state index in [0.717, 1.165) is 17.0 Å². The quantitative estimate of drug-likeness (QED) is 0.560. The molecule has 0 aliphatic carbocycles. The lowest BCUT2D eigenvalue weighted by Gasteiger charge is -2.09. The summed E-state index contributed by atoms with van der Waals surface area (Å²) in [5, 5.41) is 8.96. The number of para-hydroxylation sites is 1. The van der Waals surface area contributed by atoms with E-state index < -0.39 is 11.9 Å². The highest BCUT2D eigenvalue weighted by molar-refractivity contribution is 5.90. The van der Waals surface area contributed by atoms with Crippen LogP contribution in [0.4, 0.5) is 13.2 Å². The molecule has 3 aromatic heterocycles. The van der Waals surface area contributed by atoms with Crippen molar-refractivity contribution in [1.82, 2.24) is 29.4 Å². The zero-order valence-corrected chi connectivity index (χ0v) is 14.1. The summed E-state index contributed by atoms with van der Waals surface area (Å²) in [6.07, 6.45) is -2.87. The lowest BCUT2D eigenvalue weighted by atomic mass is 10.1. The molecular weight excluding hydrogens is 345 g/mol. The van der Waals surface area contributed by atoms with Crippen molar-refractivity contribution in [1.29, 1.82) is 0 Å². The molecule has 3 heterocycles. The molecule has 0 N–H and O–H groups in total. The predicted molar refractivity (Wildman–Crippen MR) is 88.7 cm³/mol. The van der Waals surface area contributed by atoms with Crippen molar-refractivity contribution >= 4 is 16.6 Å². The van der Waals surface area contributed by atoms with Gasteiger partial charge in [0.05, 0.1) is 12.1 Å². The number of benzene rings is 1. The summed E-state index contributed by atoms with van der Waals surface area (Å²) < 4.78 is 41.4. The van der Waals surface area contributed by atoms with Gasteiger partial charge in [0.1, 0.15) is 6.33 Å². The van der Waals surface area contributed by atoms with E-state index >= 15 is 0 Å². The molecule has 0 saturated heterocycles. The number of aromatic nitrogens is 6. The molecule has 9 heteroatoms. The van der Waals surface area contributed by atoms with Gasteiger partial charge >= 0.3 is 6.18 Å². The van der Waals surface area contributed by atoms with E-state index in [1.165, 1.54) is 4.68 Å². The second kappa shape index (κ2) is 5.79. The topological polar surface area (TPSA) is 60.9 Å². The third kappa shape index (κ3) is 2.79. The van der Waals surface area contributed by atoms with Crippen LogP contribution < -0.4 is 0 Å². The number of nitrogens with zero attached hydrogens (tertiary/aromatic N) is 6. The van der Waals surface area contributed by atoms with Crippen LogP contribution in [0.25, 0.3) is 16.6 Å². The van der Waals surface area contributed by atoms with Crippen LogP contribution in [-0.4, -0.2) is 29.4 Å². The van der Waals surface area contributed by atoms with Gasteiger partial charge in [0, 0.05) is 17.0 Å². The molecule has 4 aromatic rings. The van der Waals surface area contributed by atoms with Crippen LogP contribution in [0.2, 0.25) is 0 Å². The molecular formula is C17H15F3N6. The van der Waals surface area contributed by atoms with E-state index in [0.29, 0.717) is 17.2 Å². The lowest BCUT2D eigenvalue weighted by molar-refractivity contribution is -0.141. The van der Waals surface area contributed by atoms with Crippen molar-refractivity contribution in [2.24, 2.45) is 0 Å². The Morgan fingerprint density at radius 1 is 1.15 bits per heavy atom. The molecule has 0 fully saturated rings. The van der Waals surface area contributed by atoms with Gasteiger partial charge in [0.25, 0.3) is 0 Å². The van der Waals surface area contributed by atoms with E-state index in [1.54, 1.807) is 17.8 Å². The maximum atomic E-state index is 12.8. The highest BCUT2D eigenvalue weighted by Gasteiger charge is 2.34. The number of alkyl halides is 3. The minimum Gasteiger partial charge on any atom is -0.269 e. The van der Waals surface area contributed by atoms with Crippen molar-refractivity contribution in [3.8, 4) is 0 Å². The summed E-state index contributed by atoms with van der Waals surface area (Å²) in [4.78, 5) is 8.90. The third-order valence-electron chi connectivity index (χ3n) is 4.26. The standard InChI is InChI=1S/C17H15F3N6/c1-10(8-25-11(2)7-14(23-25)17(18,19)20)15-22-16-12-5-3-4-6-13(12)21-9-26(16)24-15/h3-7,9-10H,8H2,1-2H3/t10-/m1/s1. The first kappa shape index (κ1) is 16.5. The highest BCUT2D eigenvalue weighted by Crippen LogP contribution is 2.29. The van der Waals surface area contributed by atoms with Crippen molar-refractivity contribution in [3.63, 3.8) is 0 Å². The Kier molecular flexibility index (Phi) is 3.67. The van der Waals surface area contributed by atoms with Gasteiger partial charge in [0.2, 0.25) is 0 Å². The fourth-order valence-corrected chi connectivity index (χ4v) is 2.88. The number of hydrogen-bond acceptors (Lipinski definition) is 4. The van der Waals surface area contributed by atoms with Crippen LogP contribution in [0.1, 0.15) is 30.1 Å². The second-order valence-electron chi connectivity index (χ2n) is 6.25. The third-order valence-corrected chi connectivity index (χ3v) is 4.26. The molecule has 0 amide bonds. The van der Waals surface area contributed by atoms with E-state index in [4.69, 9.17) is 0 Å². The number of fused-ring (bicyclic) bond motifs is 3. The molecule has 0 spiro atoms. The zero-order valence-electron chi connectivity index (χ0n) is 14.1. The van der Waals surface area contributed by atoms with Gasteiger partial charge < -0.3 is 0 Å². The maximum Gasteiger partial charge on any atom is 0.435 e. The summed E-state index contributed by atoms with van der Waals surface area (Å²) in [6.45, 7) is 3.71. The van der Waals surface area contributed by atoms with Gasteiger partial charge in [-0.25, -0.2) is 14.5 Å². The fourth-order valence-electron chi connectivity index (χ4n) is 2.88. The molecule has 0 aliphatic rings. The van der Waals surface area contributed by atoms with E-state index in [2.05, 4.69) is 20.2 Å². The first-order chi connectivity index (χ1) is 12.3. The Bertz CT molecular complexity index is 1090. The lowest BCUT2D eigenvalue weighted by Crippen LogP contribution is -2.12. The van der Waals surface area contributed by atoms with Crippen molar-refractivity contribution in [3.05, 3.63) is 53.9 Å². The van der Waals surface area contributed by atoms with E-state index in [9.17, 15) is 13.2 Å². The molecule has 1 atom stereocenters. The van der Waals surface area contributed by atoms with E-state index in [1.807, 2.05) is 31.2 Å². The fraction of sp³-hybridized carbons (Fsp3) is 0.294. The number of halogens is 3. The predicted octanol–water partition coefficient (Wildman–Crippen LogP) is 3.60. The molecule has 0 saturated carbocycles. The SMILES string of the molecule is Cc1cc(C(F)(F)F)nn1C[C@@H](C)c1nc2c3ccccc3ncn2n1. The van der Waals surface area contributed by atoms with Gasteiger partial charge in [-0.2, -0.15) is 18.3 Å². The average Bonchev–Trinajstić information content (AvgIpc) is 3.19. The Morgan fingerprint density at radius 3 is 2.65 bits per heavy atom. The molecule has 0 unspecified atom stereocenters. The first-order valence-electron chi connectivity index (χ1n) is 8.04. The van der Waals surface area contributed by atoms with Crippen molar-refractivity contribution in [2.45, 2.75) is 32.5 Å². The smallest absolute Gasteiger partial charge is 0.269 e. The second-order valence-corrected chi connectivity index (χ2v) is 6.25. The summed E-state index contributed by atoms with van der Waals surface area (Å²) in [5.74, 6) is 0.319. The molecule has 0 radical (unpaired) electrons. The normalized spacial score (nSPS) is 13.6. The van der Waals surface area contributed by atoms with Crippen molar-refractivity contribution in [2.75, 3.05) is 0 Å². The van der Waals surface area contributed by atoms with Crippen LogP contribution in [0.15, 0.2) is 36.7 Å². The molecule has 1 aromatic carbocycles. The monoisotopic (exact) mass is 360 g/mol. The van der Waals surface area contributed by atoms with Gasteiger partial charge in [-0.15, -0.1) is 5.10 Å². The van der Waals surface area contributed by atoms with Gasteiger partial charge in [0.15, 0.2) is 17.2 Å². The molecule has 4 rings (SSSR count). The largest absolute Gasteiger partial charge is 0.435 e. The molecule has 6 nitrogen and oxygen atoms in total. The number of hydrogen-bond donors (Lipinski definition) is 0. The number of aryl methyl sites for hydroxylation is 1. The van der Waals surface area contributed by atoms with Gasteiger partial charge in [-0.05, 0) is 25.1 Å². The Labute approximate surface area is 146 Å². The van der Waals surface area contributed by atoms with Crippen molar-refractivity contribution < 1.29 is 13.2 Å². The van der Waals surface area contributed by atoms with Crippen LogP contribution in [0.3, 0.4) is 0 Å². The highest BCUT2D eigenvalue weighted by atomic mass is 19.4. The minimum atomic E-state index is -4.45. The Balaban J connectivity index is 1.67. The summed E-state index contributed by atoms with van der Waals surface area (Å²) >= 11 is 0. The minimum absolute atomic E-state index is 0.214. The zero-order chi connectivity index (χ0) is 18.5. The van der Waals surface area contributed by atoms with E-state index in [-0.39, 0.29) is 12.5 Å². The molecule has 0 bridgehead atoms. The van der Waals surface area contributed by atoms with Crippen LogP contribution in [0, 0.1) is 6.92 Å². The molecule has 0 aliphatic heterocycles. The number of rotatable bonds is 3. The maximum absolute atomic E-state index is 12.8. The average molecular weight is 360 g/mol. The van der Waals surface area contributed by atoms with Crippen LogP contribution in [-0.2, 0) is 12.7 Å². The van der Waals surface area contributed by atoms with Gasteiger partial charge in [-0.1, -0.05) is 19.1 Å².